The molecule has 0 aliphatic carbocycles. The first-order valence-corrected chi connectivity index (χ1v) is 21.6. The van der Waals surface area contributed by atoms with Gasteiger partial charge >= 0.3 is 19.8 Å². The van der Waals surface area contributed by atoms with Crippen LogP contribution in [0, 0.1) is 0 Å². The van der Waals surface area contributed by atoms with Gasteiger partial charge in [-0.25, -0.2) is 4.57 Å². The number of esters is 2. The van der Waals surface area contributed by atoms with E-state index in [0.29, 0.717) is 12.8 Å². The number of allylic oxidation sites excluding steroid dienone is 8. The minimum atomic E-state index is -4.62. The van der Waals surface area contributed by atoms with Crippen LogP contribution in [0.25, 0.3) is 0 Å². The Labute approximate surface area is 315 Å². The minimum absolute atomic E-state index is 0.176. The zero-order valence-corrected chi connectivity index (χ0v) is 33.4. The van der Waals surface area contributed by atoms with E-state index in [2.05, 4.69) is 67.0 Å². The summed E-state index contributed by atoms with van der Waals surface area (Å²) in [7, 11) is -4.62. The molecule has 0 aliphatic heterocycles. The average Bonchev–Trinajstić information content (AvgIpc) is 3.13. The van der Waals surface area contributed by atoms with Crippen LogP contribution in [0.15, 0.2) is 48.6 Å². The molecular weight excluding hydrogens is 683 g/mol. The number of hydrogen-bond acceptors (Lipinski definition) is 9. The summed E-state index contributed by atoms with van der Waals surface area (Å²) in [5, 5.41) is 18.3. The molecule has 0 rings (SSSR count). The van der Waals surface area contributed by atoms with Crippen molar-refractivity contribution >= 4 is 19.8 Å². The molecule has 0 fully saturated rings. The van der Waals surface area contributed by atoms with Crippen LogP contribution in [-0.2, 0) is 32.7 Å². The smallest absolute Gasteiger partial charge is 0.462 e. The quantitative estimate of drug-likeness (QED) is 0.0242. The zero-order valence-electron chi connectivity index (χ0n) is 32.5. The fourth-order valence-electron chi connectivity index (χ4n) is 5.16. The Balaban J connectivity index is 4.41. The summed E-state index contributed by atoms with van der Waals surface area (Å²) in [5.74, 6) is -0.974. The summed E-state index contributed by atoms with van der Waals surface area (Å²) in [4.78, 5) is 34.9. The van der Waals surface area contributed by atoms with E-state index >= 15 is 0 Å². The van der Waals surface area contributed by atoms with Crippen molar-refractivity contribution in [3.05, 3.63) is 48.6 Å². The second-order valence-corrected chi connectivity index (χ2v) is 14.7. The number of carbonyl (C=O) groups is 2. The molecule has 0 radical (unpaired) electrons. The van der Waals surface area contributed by atoms with Crippen molar-refractivity contribution in [2.75, 3.05) is 26.4 Å². The molecule has 1 unspecified atom stereocenters. The third-order valence-corrected chi connectivity index (χ3v) is 9.20. The maximum Gasteiger partial charge on any atom is 0.472 e. The third-order valence-electron chi connectivity index (χ3n) is 8.25. The number of unbranched alkanes of at least 4 members (excludes halogenated alkanes) is 15. The number of aliphatic hydroxyl groups is 2. The first kappa shape index (κ1) is 49.9. The van der Waals surface area contributed by atoms with E-state index in [-0.39, 0.29) is 19.4 Å². The Hall–Kier alpha value is -2.07. The standard InChI is InChI=1S/C41H73O10P/c1-3-5-7-9-11-13-15-17-19-21-22-24-26-28-30-32-40(44)48-36-39(37-50-52(46,47)49-35-38(43)34-42)51-41(45)33-31-29-27-25-23-20-18-16-14-12-10-8-6-4-2/h5,7,11,13,17,19,22,24,38-39,42-43H,3-4,6,8-10,12,14-16,18,20-21,23,25-37H2,1-2H3,(H,46,47)/b7-5+,13-11+,19-17+,24-22+/t38-,39+/m0/s1. The van der Waals surface area contributed by atoms with Crippen LogP contribution < -0.4 is 0 Å². The maximum absolute atomic E-state index is 12.6. The van der Waals surface area contributed by atoms with E-state index in [1.54, 1.807) is 0 Å². The molecule has 0 aliphatic rings. The van der Waals surface area contributed by atoms with Crippen LogP contribution in [0.5, 0.6) is 0 Å². The lowest BCUT2D eigenvalue weighted by Gasteiger charge is -2.20. The van der Waals surface area contributed by atoms with E-state index in [1.807, 2.05) is 0 Å². The van der Waals surface area contributed by atoms with E-state index in [1.165, 1.54) is 64.2 Å². The van der Waals surface area contributed by atoms with Crippen molar-refractivity contribution < 1.29 is 47.8 Å². The Bertz CT molecular complexity index is 1010. The van der Waals surface area contributed by atoms with E-state index in [0.717, 1.165) is 57.8 Å². The zero-order chi connectivity index (χ0) is 38.4. The van der Waals surface area contributed by atoms with Crippen molar-refractivity contribution in [3.63, 3.8) is 0 Å². The number of phosphoric ester groups is 1. The first-order valence-electron chi connectivity index (χ1n) is 20.1. The molecule has 52 heavy (non-hydrogen) atoms. The highest BCUT2D eigenvalue weighted by Gasteiger charge is 2.27. The Morgan fingerprint density at radius 3 is 1.60 bits per heavy atom. The minimum Gasteiger partial charge on any atom is -0.462 e. The number of carbonyl (C=O) groups excluding carboxylic acids is 2. The highest BCUT2D eigenvalue weighted by Crippen LogP contribution is 2.43. The van der Waals surface area contributed by atoms with Gasteiger partial charge in [0.2, 0.25) is 0 Å². The van der Waals surface area contributed by atoms with Gasteiger partial charge in [-0.15, -0.1) is 0 Å². The number of rotatable bonds is 37. The van der Waals surface area contributed by atoms with E-state index in [4.69, 9.17) is 19.1 Å². The molecular formula is C41H73O10P. The molecule has 10 nitrogen and oxygen atoms in total. The number of ether oxygens (including phenoxy) is 2. The topological polar surface area (TPSA) is 149 Å². The Kier molecular flexibility index (Phi) is 35.8. The molecule has 0 heterocycles. The molecule has 11 heteroatoms. The van der Waals surface area contributed by atoms with Gasteiger partial charge in [-0.1, -0.05) is 146 Å². The van der Waals surface area contributed by atoms with E-state index < -0.39 is 51.8 Å². The van der Waals surface area contributed by atoms with Crippen LogP contribution in [0.2, 0.25) is 0 Å². The van der Waals surface area contributed by atoms with Gasteiger partial charge in [-0.3, -0.25) is 18.6 Å². The van der Waals surface area contributed by atoms with Crippen LogP contribution in [0.1, 0.15) is 162 Å². The molecule has 0 aromatic heterocycles. The predicted octanol–water partition coefficient (Wildman–Crippen LogP) is 10.2. The monoisotopic (exact) mass is 756 g/mol. The van der Waals surface area contributed by atoms with Crippen molar-refractivity contribution in [2.45, 2.75) is 174 Å². The van der Waals surface area contributed by atoms with Gasteiger partial charge in [0, 0.05) is 12.8 Å². The lowest BCUT2D eigenvalue weighted by molar-refractivity contribution is -0.161. The summed E-state index contributed by atoms with van der Waals surface area (Å²) in [5.41, 5.74) is 0. The van der Waals surface area contributed by atoms with E-state index in [9.17, 15) is 24.2 Å². The molecule has 0 saturated heterocycles. The summed E-state index contributed by atoms with van der Waals surface area (Å²) in [6, 6.07) is 0. The van der Waals surface area contributed by atoms with Gasteiger partial charge in [-0.05, 0) is 51.4 Å². The highest BCUT2D eigenvalue weighted by molar-refractivity contribution is 7.47. The van der Waals surface area contributed by atoms with Gasteiger partial charge < -0.3 is 24.6 Å². The molecule has 3 N–H and O–H groups in total. The molecule has 0 bridgehead atoms. The van der Waals surface area contributed by atoms with Crippen LogP contribution in [0.4, 0.5) is 0 Å². The summed E-state index contributed by atoms with van der Waals surface area (Å²) in [6.45, 7) is 2.21. The van der Waals surface area contributed by atoms with Crippen molar-refractivity contribution in [3.8, 4) is 0 Å². The van der Waals surface area contributed by atoms with Crippen molar-refractivity contribution in [2.24, 2.45) is 0 Å². The van der Waals surface area contributed by atoms with Gasteiger partial charge in [0.1, 0.15) is 12.7 Å². The average molecular weight is 757 g/mol. The van der Waals surface area contributed by atoms with Crippen LogP contribution in [0.3, 0.4) is 0 Å². The lowest BCUT2D eigenvalue weighted by Crippen LogP contribution is -2.29. The molecule has 0 aromatic carbocycles. The Morgan fingerprint density at radius 2 is 1.06 bits per heavy atom. The SMILES string of the molecule is CC/C=C/C/C=C/C/C=C/C/C=C/CCCCC(=O)OC[C@H](COP(=O)(O)OC[C@@H](O)CO)OC(=O)CCCCCCCCCCCCCCCC. The second kappa shape index (κ2) is 37.3. The second-order valence-electron chi connectivity index (χ2n) is 13.3. The highest BCUT2D eigenvalue weighted by atomic mass is 31.2. The van der Waals surface area contributed by atoms with Gasteiger partial charge in [-0.2, -0.15) is 0 Å². The summed E-state index contributed by atoms with van der Waals surface area (Å²) < 4.78 is 32.6. The Morgan fingerprint density at radius 1 is 0.596 bits per heavy atom. The fourth-order valence-corrected chi connectivity index (χ4v) is 5.95. The number of aliphatic hydroxyl groups excluding tert-OH is 2. The maximum atomic E-state index is 12.6. The molecule has 302 valence electrons. The summed E-state index contributed by atoms with van der Waals surface area (Å²) >= 11 is 0. The third kappa shape index (κ3) is 36.3. The van der Waals surface area contributed by atoms with Crippen LogP contribution in [-0.4, -0.2) is 65.7 Å². The van der Waals surface area contributed by atoms with Crippen molar-refractivity contribution in [1.82, 2.24) is 0 Å². The summed E-state index contributed by atoms with van der Waals surface area (Å²) in [6.07, 6.45) is 37.9. The molecule has 0 saturated carbocycles. The fraction of sp³-hybridized carbons (Fsp3) is 0.756. The molecule has 0 spiro atoms. The van der Waals surface area contributed by atoms with Gasteiger partial charge in [0.05, 0.1) is 19.8 Å². The molecule has 0 amide bonds. The van der Waals surface area contributed by atoms with Gasteiger partial charge in [0.25, 0.3) is 0 Å². The molecule has 3 atom stereocenters. The van der Waals surface area contributed by atoms with Crippen molar-refractivity contribution in [1.29, 1.82) is 0 Å². The van der Waals surface area contributed by atoms with Crippen LogP contribution >= 0.6 is 7.82 Å². The lowest BCUT2D eigenvalue weighted by atomic mass is 10.0. The number of hydrogen-bond donors (Lipinski definition) is 3. The van der Waals surface area contributed by atoms with Gasteiger partial charge in [0.15, 0.2) is 6.10 Å². The normalized spacial score (nSPS) is 14.5. The first-order chi connectivity index (χ1) is 25.2. The predicted molar refractivity (Wildman–Crippen MR) is 210 cm³/mol. The largest absolute Gasteiger partial charge is 0.472 e. The molecule has 0 aromatic rings. The number of phosphoric acid groups is 1.